The number of hydrogen-bond acceptors (Lipinski definition) is 7. The smallest absolute Gasteiger partial charge is 0.335 e. The van der Waals surface area contributed by atoms with E-state index in [2.05, 4.69) is 6.08 Å². The van der Waals surface area contributed by atoms with Gasteiger partial charge in [0.05, 0.1) is 19.5 Å². The van der Waals surface area contributed by atoms with E-state index in [1.165, 1.54) is 0 Å². The molecule has 3 atom stereocenters. The molecule has 0 amide bonds. The third-order valence-electron chi connectivity index (χ3n) is 4.95. The average Bonchev–Trinajstić information content (AvgIpc) is 2.72. The van der Waals surface area contributed by atoms with Crippen LogP contribution in [0.3, 0.4) is 0 Å². The molecule has 7 nitrogen and oxygen atoms in total. The van der Waals surface area contributed by atoms with E-state index in [1.807, 2.05) is 38.1 Å². The molecule has 0 radical (unpaired) electrons. The summed E-state index contributed by atoms with van der Waals surface area (Å²) in [5, 5.41) is 0. The first-order chi connectivity index (χ1) is 14.7. The number of benzene rings is 1. The monoisotopic (exact) mass is 452 g/mol. The molecule has 3 unspecified atom stereocenters. The first-order valence-electron chi connectivity index (χ1n) is 10.5. The molecule has 0 saturated carbocycles. The minimum absolute atomic E-state index is 0.0132. The lowest BCUT2D eigenvalue weighted by Crippen LogP contribution is -2.36. The van der Waals surface area contributed by atoms with E-state index in [4.69, 9.17) is 18.4 Å². The Labute approximate surface area is 185 Å². The largest absolute Gasteiger partial charge is 0.494 e. The molecule has 0 spiro atoms. The Hall–Kier alpha value is -2.32. The summed E-state index contributed by atoms with van der Waals surface area (Å²) in [6.45, 7) is 6.94. The van der Waals surface area contributed by atoms with Crippen LogP contribution in [0.2, 0.25) is 0 Å². The number of hydrogen-bond donors (Lipinski definition) is 0. The van der Waals surface area contributed by atoms with Gasteiger partial charge in [0, 0.05) is 13.0 Å². The summed E-state index contributed by atoms with van der Waals surface area (Å²) >= 11 is 0. The number of allylic oxidation sites excluding steroid dienone is 3. The highest BCUT2D eigenvalue weighted by Gasteiger charge is 2.32. The van der Waals surface area contributed by atoms with Crippen LogP contribution in [-0.4, -0.2) is 46.6 Å². The van der Waals surface area contributed by atoms with Crippen molar-refractivity contribution in [1.82, 2.24) is 0 Å². The maximum atomic E-state index is 12.2. The highest BCUT2D eigenvalue weighted by atomic mass is 32.2. The highest BCUT2D eigenvalue weighted by Crippen LogP contribution is 2.28. The van der Waals surface area contributed by atoms with Crippen molar-refractivity contribution in [3.63, 3.8) is 0 Å². The van der Waals surface area contributed by atoms with Gasteiger partial charge in [-0.3, -0.25) is 0 Å². The summed E-state index contributed by atoms with van der Waals surface area (Å²) in [5.41, 5.74) is 1.02. The lowest BCUT2D eigenvalue weighted by atomic mass is 9.84. The van der Waals surface area contributed by atoms with E-state index >= 15 is 0 Å². The number of carbonyl (C=O) groups is 1. The van der Waals surface area contributed by atoms with Crippen molar-refractivity contribution in [3.05, 3.63) is 53.8 Å². The van der Waals surface area contributed by atoms with Gasteiger partial charge in [-0.25, -0.2) is 4.79 Å². The maximum absolute atomic E-state index is 12.2. The van der Waals surface area contributed by atoms with Gasteiger partial charge in [0.1, 0.15) is 11.5 Å². The van der Waals surface area contributed by atoms with Crippen molar-refractivity contribution in [3.8, 4) is 5.75 Å². The normalized spacial score (nSPS) is 18.1. The SMILES string of the molecule is CCOC(=O)C(OCC)C(C)C1C=CC(OCCc2ccc(OS(C)(=O)=O)cc2)=CC1. The molecule has 172 valence electrons. The summed E-state index contributed by atoms with van der Waals surface area (Å²) in [6, 6.07) is 6.88. The minimum Gasteiger partial charge on any atom is -0.494 e. The number of ether oxygens (including phenoxy) is 3. The van der Waals surface area contributed by atoms with E-state index in [1.54, 1.807) is 19.1 Å². The van der Waals surface area contributed by atoms with Gasteiger partial charge in [-0.2, -0.15) is 8.42 Å². The first-order valence-corrected chi connectivity index (χ1v) is 12.3. The molecule has 1 aromatic carbocycles. The molecular weight excluding hydrogens is 420 g/mol. The fourth-order valence-corrected chi connectivity index (χ4v) is 3.81. The minimum atomic E-state index is -3.52. The molecule has 1 aliphatic carbocycles. The Kier molecular flexibility index (Phi) is 9.58. The van der Waals surface area contributed by atoms with E-state index < -0.39 is 16.2 Å². The van der Waals surface area contributed by atoms with Crippen LogP contribution in [0, 0.1) is 11.8 Å². The van der Waals surface area contributed by atoms with Crippen LogP contribution in [0.4, 0.5) is 0 Å². The van der Waals surface area contributed by atoms with Crippen molar-refractivity contribution >= 4 is 16.1 Å². The van der Waals surface area contributed by atoms with Gasteiger partial charge in [-0.05, 0) is 62.0 Å². The summed E-state index contributed by atoms with van der Waals surface area (Å²) < 4.78 is 43.8. The van der Waals surface area contributed by atoms with Gasteiger partial charge in [0.25, 0.3) is 0 Å². The first kappa shape index (κ1) is 24.9. The molecule has 31 heavy (non-hydrogen) atoms. The second-order valence-electron chi connectivity index (χ2n) is 7.38. The van der Waals surface area contributed by atoms with E-state index in [-0.39, 0.29) is 17.8 Å². The van der Waals surface area contributed by atoms with Crippen LogP contribution >= 0.6 is 0 Å². The predicted octanol–water partition coefficient (Wildman–Crippen LogP) is 3.65. The molecule has 0 aromatic heterocycles. The zero-order valence-corrected chi connectivity index (χ0v) is 19.4. The van der Waals surface area contributed by atoms with Crippen molar-refractivity contribution in [2.45, 2.75) is 39.7 Å². The van der Waals surface area contributed by atoms with E-state index in [9.17, 15) is 13.2 Å². The number of rotatable bonds is 12. The molecule has 0 saturated heterocycles. The Balaban J connectivity index is 1.82. The molecule has 0 N–H and O–H groups in total. The fourth-order valence-electron chi connectivity index (χ4n) is 3.35. The van der Waals surface area contributed by atoms with Crippen molar-refractivity contribution in [1.29, 1.82) is 0 Å². The molecule has 0 heterocycles. The molecule has 1 aromatic rings. The van der Waals surface area contributed by atoms with Crippen molar-refractivity contribution < 1.29 is 31.6 Å². The number of carbonyl (C=O) groups excluding carboxylic acids is 1. The van der Waals surface area contributed by atoms with Crippen LogP contribution in [0.15, 0.2) is 48.3 Å². The van der Waals surface area contributed by atoms with Gasteiger partial charge in [0.2, 0.25) is 0 Å². The van der Waals surface area contributed by atoms with Gasteiger partial charge >= 0.3 is 16.1 Å². The topological polar surface area (TPSA) is 88.1 Å². The average molecular weight is 453 g/mol. The Bertz CT molecular complexity index is 872. The molecule has 0 aliphatic heterocycles. The lowest BCUT2D eigenvalue weighted by Gasteiger charge is -2.28. The van der Waals surface area contributed by atoms with E-state index in [0.717, 1.165) is 24.0 Å². The molecule has 8 heteroatoms. The third-order valence-corrected chi connectivity index (χ3v) is 5.44. The van der Waals surface area contributed by atoms with E-state index in [0.29, 0.717) is 32.0 Å². The van der Waals surface area contributed by atoms with Gasteiger partial charge in [-0.1, -0.05) is 25.1 Å². The van der Waals surface area contributed by atoms with Gasteiger partial charge in [0.15, 0.2) is 6.10 Å². The zero-order chi connectivity index (χ0) is 22.9. The van der Waals surface area contributed by atoms with Crippen LogP contribution in [-0.2, 0) is 35.5 Å². The van der Waals surface area contributed by atoms with Gasteiger partial charge < -0.3 is 18.4 Å². The fraction of sp³-hybridized carbons (Fsp3) is 0.522. The highest BCUT2D eigenvalue weighted by molar-refractivity contribution is 7.86. The molecule has 1 aliphatic rings. The van der Waals surface area contributed by atoms with Crippen molar-refractivity contribution in [2.75, 3.05) is 26.1 Å². The van der Waals surface area contributed by atoms with Crippen LogP contribution in [0.25, 0.3) is 0 Å². The second kappa shape index (κ2) is 11.9. The second-order valence-corrected chi connectivity index (χ2v) is 8.96. The van der Waals surface area contributed by atoms with Crippen LogP contribution in [0.5, 0.6) is 5.75 Å². The third kappa shape index (κ3) is 8.38. The molecule has 2 rings (SSSR count). The quantitative estimate of drug-likeness (QED) is 0.353. The molecular formula is C23H32O7S. The van der Waals surface area contributed by atoms with Crippen molar-refractivity contribution in [2.24, 2.45) is 11.8 Å². The Morgan fingerprint density at radius 2 is 1.87 bits per heavy atom. The standard InChI is InChI=1S/C23H32O7S/c1-5-27-22(23(24)28-6-2)17(3)19-9-13-20(14-10-19)29-16-15-18-7-11-21(12-8-18)30-31(4,25)26/h7-9,11-14,17,19,22H,5-6,10,15-16H2,1-4H3. The lowest BCUT2D eigenvalue weighted by molar-refractivity contribution is -0.161. The maximum Gasteiger partial charge on any atom is 0.335 e. The molecule has 0 fully saturated rings. The predicted molar refractivity (Wildman–Crippen MR) is 118 cm³/mol. The summed E-state index contributed by atoms with van der Waals surface area (Å²) in [5.74, 6) is 0.920. The van der Waals surface area contributed by atoms with Gasteiger partial charge in [-0.15, -0.1) is 0 Å². The Morgan fingerprint density at radius 1 is 1.16 bits per heavy atom. The Morgan fingerprint density at radius 3 is 2.42 bits per heavy atom. The van der Waals surface area contributed by atoms with Crippen LogP contribution < -0.4 is 4.18 Å². The van der Waals surface area contributed by atoms with Crippen LogP contribution in [0.1, 0.15) is 32.8 Å². The summed E-state index contributed by atoms with van der Waals surface area (Å²) in [7, 11) is -3.52. The molecule has 0 bridgehead atoms. The zero-order valence-electron chi connectivity index (χ0n) is 18.6. The summed E-state index contributed by atoms with van der Waals surface area (Å²) in [6.07, 6.45) is 7.89. The number of esters is 1. The summed E-state index contributed by atoms with van der Waals surface area (Å²) in [4.78, 5) is 12.2.